The maximum absolute atomic E-state index is 11.9. The van der Waals surface area contributed by atoms with Crippen LogP contribution in [0.2, 0.25) is 0 Å². The fourth-order valence-electron chi connectivity index (χ4n) is 3.00. The van der Waals surface area contributed by atoms with Crippen molar-refractivity contribution in [3.63, 3.8) is 0 Å². The van der Waals surface area contributed by atoms with E-state index in [1.807, 2.05) is 0 Å². The van der Waals surface area contributed by atoms with Gasteiger partial charge in [-0.25, -0.2) is 0 Å². The van der Waals surface area contributed by atoms with Crippen LogP contribution in [0.1, 0.15) is 50.3 Å². The molecule has 0 atom stereocenters. The Morgan fingerprint density at radius 2 is 2.00 bits per heavy atom. The number of amides is 1. The van der Waals surface area contributed by atoms with E-state index in [0.717, 1.165) is 37.8 Å². The van der Waals surface area contributed by atoms with Gasteiger partial charge in [0.05, 0.1) is 0 Å². The third kappa shape index (κ3) is 6.28. The molecule has 1 saturated carbocycles. The second kappa shape index (κ2) is 10.1. The van der Waals surface area contributed by atoms with E-state index in [9.17, 15) is 4.79 Å². The Balaban J connectivity index is 0.00000132. The molecule has 23 heavy (non-hydrogen) atoms. The summed E-state index contributed by atoms with van der Waals surface area (Å²) < 4.78 is 2.07. The molecular formula is C15H27Cl2N5O. The number of carbonyl (C=O) groups excluding carboxylic acids is 1. The Bertz CT molecular complexity index is 472. The van der Waals surface area contributed by atoms with Crippen molar-refractivity contribution in [2.24, 2.45) is 5.92 Å². The first-order valence-corrected chi connectivity index (χ1v) is 8.18. The lowest BCUT2D eigenvalue weighted by Crippen LogP contribution is -2.30. The number of carbonyl (C=O) groups is 1. The molecule has 0 radical (unpaired) electrons. The van der Waals surface area contributed by atoms with Gasteiger partial charge in [0.2, 0.25) is 5.91 Å². The molecule has 1 aliphatic heterocycles. The van der Waals surface area contributed by atoms with Crippen molar-refractivity contribution in [3.8, 4) is 0 Å². The topological polar surface area (TPSA) is 71.8 Å². The lowest BCUT2D eigenvalue weighted by Gasteiger charge is -2.22. The van der Waals surface area contributed by atoms with Crippen molar-refractivity contribution < 1.29 is 4.79 Å². The highest BCUT2D eigenvalue weighted by molar-refractivity contribution is 5.85. The molecule has 1 aromatic heterocycles. The van der Waals surface area contributed by atoms with E-state index in [1.165, 1.54) is 25.7 Å². The molecule has 0 unspecified atom stereocenters. The van der Waals surface area contributed by atoms with Crippen LogP contribution in [0.4, 0.5) is 0 Å². The molecule has 132 valence electrons. The van der Waals surface area contributed by atoms with Crippen LogP contribution in [0.3, 0.4) is 0 Å². The molecule has 1 saturated heterocycles. The summed E-state index contributed by atoms with van der Waals surface area (Å²) in [6.07, 6.45) is 8.31. The maximum Gasteiger partial charge on any atom is 0.220 e. The zero-order valence-electron chi connectivity index (χ0n) is 13.4. The minimum Gasteiger partial charge on any atom is -0.354 e. The average Bonchev–Trinajstić information content (AvgIpc) is 3.26. The number of hydrogen-bond acceptors (Lipinski definition) is 4. The minimum absolute atomic E-state index is 0. The van der Waals surface area contributed by atoms with Gasteiger partial charge in [0.25, 0.3) is 0 Å². The van der Waals surface area contributed by atoms with Crippen molar-refractivity contribution >= 4 is 30.7 Å². The molecule has 3 rings (SSSR count). The van der Waals surface area contributed by atoms with Crippen LogP contribution >= 0.6 is 24.8 Å². The van der Waals surface area contributed by atoms with Crippen molar-refractivity contribution in [3.05, 3.63) is 12.2 Å². The number of piperidine rings is 1. The summed E-state index contributed by atoms with van der Waals surface area (Å²) in [5, 5.41) is 14.5. The molecule has 1 aromatic rings. The molecule has 2 N–H and O–H groups in total. The van der Waals surface area contributed by atoms with Gasteiger partial charge < -0.3 is 15.2 Å². The quantitative estimate of drug-likeness (QED) is 0.775. The van der Waals surface area contributed by atoms with Crippen LogP contribution in [0.25, 0.3) is 0 Å². The van der Waals surface area contributed by atoms with Gasteiger partial charge in [-0.05, 0) is 51.1 Å². The maximum atomic E-state index is 11.9. The second-order valence-electron chi connectivity index (χ2n) is 6.24. The van der Waals surface area contributed by atoms with E-state index in [4.69, 9.17) is 0 Å². The molecule has 2 heterocycles. The van der Waals surface area contributed by atoms with Gasteiger partial charge in [-0.3, -0.25) is 4.79 Å². The standard InChI is InChI=1S/C15H25N5O.2ClH/c21-14(4-1-12-5-7-16-8-6-12)17-9-10-20-11-18-19-15(20)13-2-3-13;;/h11-13,16H,1-10H2,(H,17,21);2*1H. The lowest BCUT2D eigenvalue weighted by molar-refractivity contribution is -0.121. The first-order valence-electron chi connectivity index (χ1n) is 8.18. The summed E-state index contributed by atoms with van der Waals surface area (Å²) >= 11 is 0. The van der Waals surface area contributed by atoms with Crippen LogP contribution in [-0.4, -0.2) is 40.3 Å². The Morgan fingerprint density at radius 1 is 1.26 bits per heavy atom. The number of aromatic nitrogens is 3. The Labute approximate surface area is 150 Å². The van der Waals surface area contributed by atoms with E-state index in [1.54, 1.807) is 6.33 Å². The summed E-state index contributed by atoms with van der Waals surface area (Å²) in [7, 11) is 0. The van der Waals surface area contributed by atoms with E-state index >= 15 is 0 Å². The molecule has 1 aliphatic carbocycles. The van der Waals surface area contributed by atoms with Crippen molar-refractivity contribution in [1.29, 1.82) is 0 Å². The average molecular weight is 364 g/mol. The lowest BCUT2D eigenvalue weighted by atomic mass is 9.93. The summed E-state index contributed by atoms with van der Waals surface area (Å²) in [5.74, 6) is 2.58. The molecule has 0 spiro atoms. The zero-order valence-corrected chi connectivity index (χ0v) is 15.0. The van der Waals surface area contributed by atoms with E-state index in [-0.39, 0.29) is 30.7 Å². The van der Waals surface area contributed by atoms with Crippen LogP contribution in [0.15, 0.2) is 6.33 Å². The summed E-state index contributed by atoms with van der Waals surface area (Å²) in [6.45, 7) is 3.65. The third-order valence-corrected chi connectivity index (χ3v) is 4.50. The van der Waals surface area contributed by atoms with Crippen LogP contribution in [0, 0.1) is 5.92 Å². The van der Waals surface area contributed by atoms with Crippen LogP contribution < -0.4 is 10.6 Å². The van der Waals surface area contributed by atoms with Gasteiger partial charge in [-0.1, -0.05) is 0 Å². The minimum atomic E-state index is 0. The Morgan fingerprint density at radius 3 is 2.70 bits per heavy atom. The van der Waals surface area contributed by atoms with Crippen LogP contribution in [0.5, 0.6) is 0 Å². The van der Waals surface area contributed by atoms with Gasteiger partial charge in [0.1, 0.15) is 12.2 Å². The Hall–Kier alpha value is -0.850. The van der Waals surface area contributed by atoms with Gasteiger partial charge in [-0.2, -0.15) is 0 Å². The van der Waals surface area contributed by atoms with Crippen molar-refractivity contribution in [2.75, 3.05) is 19.6 Å². The van der Waals surface area contributed by atoms with Gasteiger partial charge in [0.15, 0.2) is 0 Å². The molecule has 6 nitrogen and oxygen atoms in total. The van der Waals surface area contributed by atoms with E-state index < -0.39 is 0 Å². The van der Waals surface area contributed by atoms with Gasteiger partial charge in [0, 0.05) is 25.4 Å². The fourth-order valence-corrected chi connectivity index (χ4v) is 3.00. The zero-order chi connectivity index (χ0) is 14.5. The fraction of sp³-hybridized carbons (Fsp3) is 0.800. The molecule has 2 fully saturated rings. The monoisotopic (exact) mass is 363 g/mol. The number of nitrogens with zero attached hydrogens (tertiary/aromatic N) is 3. The first kappa shape index (κ1) is 20.2. The number of hydrogen-bond donors (Lipinski definition) is 2. The smallest absolute Gasteiger partial charge is 0.220 e. The summed E-state index contributed by atoms with van der Waals surface area (Å²) in [5.41, 5.74) is 0. The van der Waals surface area contributed by atoms with Gasteiger partial charge in [-0.15, -0.1) is 35.0 Å². The van der Waals surface area contributed by atoms with Crippen molar-refractivity contribution in [1.82, 2.24) is 25.4 Å². The molecule has 1 amide bonds. The molecule has 0 bridgehead atoms. The highest BCUT2D eigenvalue weighted by atomic mass is 35.5. The highest BCUT2D eigenvalue weighted by Crippen LogP contribution is 2.38. The predicted octanol–water partition coefficient (Wildman–Crippen LogP) is 1.90. The Kier molecular flexibility index (Phi) is 8.87. The molecule has 0 aromatic carbocycles. The normalized spacial score (nSPS) is 17.9. The van der Waals surface area contributed by atoms with Gasteiger partial charge >= 0.3 is 0 Å². The number of nitrogens with one attached hydrogen (secondary N) is 2. The molecular weight excluding hydrogens is 337 g/mol. The summed E-state index contributed by atoms with van der Waals surface area (Å²) in [6, 6.07) is 0. The first-order chi connectivity index (χ1) is 10.3. The number of halogens is 2. The third-order valence-electron chi connectivity index (χ3n) is 4.50. The van der Waals surface area contributed by atoms with Crippen molar-refractivity contribution in [2.45, 2.75) is 51.0 Å². The molecule has 8 heteroatoms. The highest BCUT2D eigenvalue weighted by Gasteiger charge is 2.28. The summed E-state index contributed by atoms with van der Waals surface area (Å²) in [4.78, 5) is 11.9. The van der Waals surface area contributed by atoms with Crippen LogP contribution in [-0.2, 0) is 11.3 Å². The largest absolute Gasteiger partial charge is 0.354 e. The van der Waals surface area contributed by atoms with E-state index in [2.05, 4.69) is 25.4 Å². The van der Waals surface area contributed by atoms with E-state index in [0.29, 0.717) is 18.9 Å². The number of rotatable bonds is 7. The molecule has 2 aliphatic rings. The SMILES string of the molecule is Cl.Cl.O=C(CCC1CCNCC1)NCCn1cnnc1C1CC1. The second-order valence-corrected chi connectivity index (χ2v) is 6.24. The predicted molar refractivity (Wildman–Crippen MR) is 94.3 cm³/mol.